The molecule has 0 bridgehead atoms. The molecule has 3 atom stereocenters. The maximum atomic E-state index is 14.1. The second kappa shape index (κ2) is 22.0. The summed E-state index contributed by atoms with van der Waals surface area (Å²) in [5.41, 5.74) is 2.82. The second-order valence-corrected chi connectivity index (χ2v) is 20.8. The van der Waals surface area contributed by atoms with Crippen LogP contribution in [0.25, 0.3) is 5.69 Å². The Hall–Kier alpha value is -5.94. The van der Waals surface area contributed by atoms with E-state index < -0.39 is 23.5 Å². The third-order valence-corrected chi connectivity index (χ3v) is 13.7. The standard InChI is InChI=1S/C54H67ClN6O7/c1-35(58-32-36-15-22-40(23-16-36)60-26-12-10-14-47(60)64)46-29-41(62)33-61(46)49(66)44(52(2,3)4)28-42(63)34-67-27-13-9-11-25-57-39-20-17-37(18-21-39)48(65)59-50-53(5,6)51(54(50,7)8)68-43-24-19-38(31-56)45(55)30-43/h10,12,14-24,26,30,41,44,46,50-51,57-58,62H,1,9,11,13,25,27-29,32-34H2,2-8H3,(H,59,65)/t41-,44-,46+,50?,51?/m1/s1. The second-order valence-electron chi connectivity index (χ2n) is 20.4. The maximum Gasteiger partial charge on any atom is 0.255 e. The number of carbonyl (C=O) groups is 3. The van der Waals surface area contributed by atoms with Crippen LogP contribution in [0.5, 0.6) is 5.75 Å². The Bertz CT molecular complexity index is 2510. The van der Waals surface area contributed by atoms with Crippen molar-refractivity contribution in [2.75, 3.05) is 31.6 Å². The number of anilines is 1. The first-order chi connectivity index (χ1) is 32.2. The van der Waals surface area contributed by atoms with Crippen molar-refractivity contribution in [3.8, 4) is 17.5 Å². The molecule has 1 saturated heterocycles. The zero-order valence-electron chi connectivity index (χ0n) is 40.4. The highest BCUT2D eigenvalue weighted by Gasteiger charge is 2.64. The van der Waals surface area contributed by atoms with Gasteiger partial charge in [0.2, 0.25) is 5.91 Å². The van der Waals surface area contributed by atoms with Gasteiger partial charge in [0.15, 0.2) is 5.78 Å². The zero-order valence-corrected chi connectivity index (χ0v) is 41.2. The first kappa shape index (κ1) is 51.5. The summed E-state index contributed by atoms with van der Waals surface area (Å²) in [6.07, 6.45) is 3.74. The van der Waals surface area contributed by atoms with E-state index in [9.17, 15) is 29.5 Å². The van der Waals surface area contributed by atoms with Crippen LogP contribution in [0.3, 0.4) is 0 Å². The van der Waals surface area contributed by atoms with E-state index in [4.69, 9.17) is 21.1 Å². The number of hydrogen-bond donors (Lipinski definition) is 4. The van der Waals surface area contributed by atoms with Gasteiger partial charge in [-0.1, -0.05) is 84.8 Å². The number of β-amino-alcohol motifs (C(OH)–C–C–N with tert-alkyl or cyclic N) is 1. The number of rotatable bonds is 21. The summed E-state index contributed by atoms with van der Waals surface area (Å²) in [6, 6.07) is 26.6. The fourth-order valence-electron chi connectivity index (χ4n) is 9.86. The van der Waals surface area contributed by atoms with Crippen LogP contribution in [-0.2, 0) is 20.9 Å². The van der Waals surface area contributed by atoms with E-state index in [2.05, 4.69) is 56.3 Å². The van der Waals surface area contributed by atoms with Gasteiger partial charge in [-0.3, -0.25) is 23.7 Å². The third kappa shape index (κ3) is 12.4. The molecule has 0 unspecified atom stereocenters. The average Bonchev–Trinajstić information content (AvgIpc) is 3.70. The molecule has 2 heterocycles. The van der Waals surface area contributed by atoms with Gasteiger partial charge in [-0.25, -0.2) is 0 Å². The molecule has 68 heavy (non-hydrogen) atoms. The number of nitrogens with zero attached hydrogens (tertiary/aromatic N) is 3. The lowest BCUT2D eigenvalue weighted by Gasteiger charge is -2.63. The van der Waals surface area contributed by atoms with Crippen LogP contribution >= 0.6 is 11.6 Å². The number of nitriles is 1. The summed E-state index contributed by atoms with van der Waals surface area (Å²) in [4.78, 5) is 54.6. The zero-order chi connectivity index (χ0) is 49.4. The number of unbranched alkanes of at least 4 members (excludes halogenated alkanes) is 2. The number of carbonyl (C=O) groups excluding carboxylic acids is 3. The van der Waals surface area contributed by atoms with Crippen molar-refractivity contribution in [3.05, 3.63) is 135 Å². The number of likely N-dealkylation sites (tertiary alicyclic amines) is 1. The predicted octanol–water partition coefficient (Wildman–Crippen LogP) is 8.46. The average molecular weight is 948 g/mol. The summed E-state index contributed by atoms with van der Waals surface area (Å²) >= 11 is 6.24. The molecule has 2 aliphatic rings. The van der Waals surface area contributed by atoms with Crippen LogP contribution in [0.4, 0.5) is 5.69 Å². The van der Waals surface area contributed by atoms with E-state index in [1.54, 1.807) is 46.0 Å². The molecular formula is C54H67ClN6O7. The van der Waals surface area contributed by atoms with E-state index in [-0.39, 0.29) is 65.7 Å². The van der Waals surface area contributed by atoms with Crippen LogP contribution in [0, 0.1) is 33.5 Å². The number of hydrogen-bond acceptors (Lipinski definition) is 10. The lowest BCUT2D eigenvalue weighted by molar-refractivity contribution is -0.164. The summed E-state index contributed by atoms with van der Waals surface area (Å²) in [7, 11) is 0. The van der Waals surface area contributed by atoms with Gasteiger partial charge in [-0.15, -0.1) is 0 Å². The number of benzene rings is 3. The van der Waals surface area contributed by atoms with Gasteiger partial charge in [-0.05, 0) is 84.8 Å². The van der Waals surface area contributed by atoms with Crippen molar-refractivity contribution in [2.24, 2.45) is 22.2 Å². The fraction of sp³-hybridized carbons (Fsp3) is 0.463. The number of aromatic nitrogens is 1. The topological polar surface area (TPSA) is 175 Å². The monoisotopic (exact) mass is 946 g/mol. The van der Waals surface area contributed by atoms with E-state index in [0.29, 0.717) is 47.2 Å². The molecule has 3 aromatic carbocycles. The molecule has 4 aromatic rings. The molecule has 362 valence electrons. The molecule has 0 radical (unpaired) electrons. The number of halogens is 1. The SMILES string of the molecule is C=C(NCc1ccc(-n2ccccc2=O)cc1)[C@@H]1C[C@@H](O)CN1C(=O)[C@@H](CC(=O)COCCCCCNc1ccc(C(=O)NC2C(C)(C)C(Oc3ccc(C#N)c(Cl)c3)C2(C)C)cc1)C(C)(C)C. The van der Waals surface area contributed by atoms with Gasteiger partial charge in [-0.2, -0.15) is 5.26 Å². The van der Waals surface area contributed by atoms with Crippen LogP contribution in [0.1, 0.15) is 102 Å². The Morgan fingerprint density at radius 3 is 2.32 bits per heavy atom. The van der Waals surface area contributed by atoms with Crippen molar-refractivity contribution in [1.29, 1.82) is 5.26 Å². The highest BCUT2D eigenvalue weighted by atomic mass is 35.5. The fourth-order valence-corrected chi connectivity index (χ4v) is 10.1. The quantitative estimate of drug-likeness (QED) is 0.0594. The minimum absolute atomic E-state index is 0.0336. The van der Waals surface area contributed by atoms with Gasteiger partial charge in [0.25, 0.3) is 11.5 Å². The smallest absolute Gasteiger partial charge is 0.255 e. The van der Waals surface area contributed by atoms with E-state index in [0.717, 1.165) is 42.7 Å². The molecule has 1 saturated carbocycles. The molecule has 0 spiro atoms. The Balaban J connectivity index is 0.881. The summed E-state index contributed by atoms with van der Waals surface area (Å²) in [5, 5.41) is 30.2. The van der Waals surface area contributed by atoms with Crippen LogP contribution in [0.15, 0.2) is 108 Å². The lowest BCUT2D eigenvalue weighted by Crippen LogP contribution is -2.74. The van der Waals surface area contributed by atoms with Gasteiger partial charge in [0, 0.05) is 103 Å². The van der Waals surface area contributed by atoms with Crippen LogP contribution in [-0.4, -0.2) is 82.8 Å². The van der Waals surface area contributed by atoms with Gasteiger partial charge >= 0.3 is 0 Å². The predicted molar refractivity (Wildman–Crippen MR) is 266 cm³/mol. The van der Waals surface area contributed by atoms with E-state index in [1.807, 2.05) is 69.3 Å². The molecule has 1 aliphatic heterocycles. The molecule has 6 rings (SSSR count). The number of amides is 2. The van der Waals surface area contributed by atoms with Crippen LogP contribution < -0.4 is 26.2 Å². The largest absolute Gasteiger partial charge is 0.489 e. The first-order valence-electron chi connectivity index (χ1n) is 23.5. The van der Waals surface area contributed by atoms with Crippen molar-refractivity contribution < 1.29 is 29.0 Å². The minimum atomic E-state index is -0.709. The highest BCUT2D eigenvalue weighted by molar-refractivity contribution is 6.31. The molecule has 4 N–H and O–H groups in total. The Morgan fingerprint density at radius 2 is 1.68 bits per heavy atom. The maximum absolute atomic E-state index is 14.1. The summed E-state index contributed by atoms with van der Waals surface area (Å²) in [6.45, 7) is 20.1. The number of pyridine rings is 1. The van der Waals surface area contributed by atoms with Crippen molar-refractivity contribution in [2.45, 2.75) is 111 Å². The highest BCUT2D eigenvalue weighted by Crippen LogP contribution is 2.55. The molecule has 1 aromatic heterocycles. The Labute approximate surface area is 405 Å². The Kier molecular flexibility index (Phi) is 16.6. The number of nitrogens with one attached hydrogen (secondary N) is 3. The summed E-state index contributed by atoms with van der Waals surface area (Å²) in [5.74, 6) is -0.513. The minimum Gasteiger partial charge on any atom is -0.489 e. The van der Waals surface area contributed by atoms with Gasteiger partial charge in [0.05, 0.1) is 22.7 Å². The van der Waals surface area contributed by atoms with Gasteiger partial charge in [0.1, 0.15) is 24.5 Å². The van der Waals surface area contributed by atoms with Crippen LogP contribution in [0.2, 0.25) is 5.02 Å². The summed E-state index contributed by atoms with van der Waals surface area (Å²) < 4.78 is 13.7. The molecule has 2 amide bonds. The van der Waals surface area contributed by atoms with E-state index in [1.165, 1.54) is 6.07 Å². The number of ketones is 1. The van der Waals surface area contributed by atoms with E-state index >= 15 is 0 Å². The Morgan fingerprint density at radius 1 is 0.971 bits per heavy atom. The lowest BCUT2D eigenvalue weighted by atomic mass is 9.49. The molecule has 13 nitrogen and oxygen atoms in total. The van der Waals surface area contributed by atoms with Crippen molar-refractivity contribution in [3.63, 3.8) is 0 Å². The molecule has 1 aliphatic carbocycles. The van der Waals surface area contributed by atoms with Gasteiger partial charge < -0.3 is 35.4 Å². The number of ether oxygens (including phenoxy) is 2. The molecule has 14 heteroatoms. The number of aliphatic hydroxyl groups is 1. The van der Waals surface area contributed by atoms with Crippen molar-refractivity contribution >= 4 is 34.9 Å². The molecule has 2 fully saturated rings. The number of aliphatic hydroxyl groups excluding tert-OH is 1. The third-order valence-electron chi connectivity index (χ3n) is 13.4. The normalized spacial score (nSPS) is 19.8. The van der Waals surface area contributed by atoms with Crippen molar-refractivity contribution in [1.82, 2.24) is 20.1 Å². The molecular weight excluding hydrogens is 880 g/mol. The first-order valence-corrected chi connectivity index (χ1v) is 23.9. The number of Topliss-reactive ketones (excluding diaryl/α,β-unsaturated/α-hetero) is 1.